The second-order valence-corrected chi connectivity index (χ2v) is 6.08. The van der Waals surface area contributed by atoms with E-state index in [1.807, 2.05) is 31.2 Å². The van der Waals surface area contributed by atoms with E-state index in [1.165, 1.54) is 0 Å². The lowest BCUT2D eigenvalue weighted by atomic mass is 10.1. The second-order valence-electron chi connectivity index (χ2n) is 4.83. The van der Waals surface area contributed by atoms with Gasteiger partial charge in [0.1, 0.15) is 0 Å². The van der Waals surface area contributed by atoms with Crippen molar-refractivity contribution in [1.82, 2.24) is 5.32 Å². The number of halogens is 3. The molecule has 112 valence electrons. The van der Waals surface area contributed by atoms with Crippen LogP contribution in [0.3, 0.4) is 0 Å². The summed E-state index contributed by atoms with van der Waals surface area (Å²) in [7, 11) is 0. The molecule has 21 heavy (non-hydrogen) atoms. The van der Waals surface area contributed by atoms with Gasteiger partial charge in [0.15, 0.2) is 0 Å². The minimum absolute atomic E-state index is 0.0197. The van der Waals surface area contributed by atoms with Crippen molar-refractivity contribution in [3.63, 3.8) is 0 Å². The Bertz CT molecular complexity index is 618. The molecule has 2 aromatic carbocycles. The molecule has 2 rings (SSSR count). The van der Waals surface area contributed by atoms with Crippen LogP contribution >= 0.6 is 34.8 Å². The van der Waals surface area contributed by atoms with Crippen molar-refractivity contribution in [3.8, 4) is 0 Å². The zero-order valence-corrected chi connectivity index (χ0v) is 13.8. The highest BCUT2D eigenvalue weighted by molar-refractivity contribution is 6.33. The van der Waals surface area contributed by atoms with Crippen LogP contribution < -0.4 is 5.32 Å². The van der Waals surface area contributed by atoms with Crippen molar-refractivity contribution in [1.29, 1.82) is 0 Å². The summed E-state index contributed by atoms with van der Waals surface area (Å²) < 4.78 is 0. The van der Waals surface area contributed by atoms with E-state index >= 15 is 0 Å². The normalized spacial score (nSPS) is 14.0. The average molecular weight is 345 g/mol. The molecule has 0 saturated carbocycles. The number of nitrogens with one attached hydrogen (secondary N) is 1. The van der Waals surface area contributed by atoms with Gasteiger partial charge in [-0.25, -0.2) is 0 Å². The van der Waals surface area contributed by atoms with Gasteiger partial charge in [-0.2, -0.15) is 0 Å². The van der Waals surface area contributed by atoms with Gasteiger partial charge in [-0.05, 0) is 36.8 Å². The summed E-state index contributed by atoms with van der Waals surface area (Å²) in [6.07, 6.45) is -0.735. The van der Waals surface area contributed by atoms with Gasteiger partial charge in [0.25, 0.3) is 0 Å². The highest BCUT2D eigenvalue weighted by Gasteiger charge is 2.15. The Balaban J connectivity index is 2.02. The largest absolute Gasteiger partial charge is 0.387 e. The summed E-state index contributed by atoms with van der Waals surface area (Å²) >= 11 is 18.2. The van der Waals surface area contributed by atoms with Crippen LogP contribution in [0.25, 0.3) is 0 Å². The molecule has 1 unspecified atom stereocenters. The van der Waals surface area contributed by atoms with E-state index in [-0.39, 0.29) is 6.04 Å². The Morgan fingerprint density at radius 1 is 1.00 bits per heavy atom. The first-order chi connectivity index (χ1) is 9.99. The van der Waals surface area contributed by atoms with Gasteiger partial charge in [0.2, 0.25) is 0 Å². The molecule has 0 amide bonds. The molecule has 2 atom stereocenters. The van der Waals surface area contributed by atoms with E-state index in [2.05, 4.69) is 5.32 Å². The highest BCUT2D eigenvalue weighted by Crippen LogP contribution is 2.27. The van der Waals surface area contributed by atoms with Crippen molar-refractivity contribution >= 4 is 34.8 Å². The molecule has 5 heteroatoms. The average Bonchev–Trinajstić information content (AvgIpc) is 2.47. The van der Waals surface area contributed by atoms with Gasteiger partial charge in [0.05, 0.1) is 6.10 Å². The van der Waals surface area contributed by atoms with Crippen LogP contribution in [0.2, 0.25) is 15.1 Å². The molecule has 0 radical (unpaired) electrons. The third-order valence-corrected chi connectivity index (χ3v) is 4.23. The SMILES string of the molecule is C[C@H](NCC(O)c1cc(Cl)ccc1Cl)c1ccccc1Cl. The predicted molar refractivity (Wildman–Crippen MR) is 89.3 cm³/mol. The standard InChI is InChI=1S/C16H16Cl3NO/c1-10(12-4-2-3-5-14(12)18)20-9-16(21)13-8-11(17)6-7-15(13)19/h2-8,10,16,20-21H,9H2,1H3/t10-,16?/m0/s1. The predicted octanol–water partition coefficient (Wildman–Crippen LogP) is 5.03. The summed E-state index contributed by atoms with van der Waals surface area (Å²) in [5, 5.41) is 15.3. The van der Waals surface area contributed by atoms with Crippen molar-refractivity contribution in [2.45, 2.75) is 19.1 Å². The molecule has 0 aliphatic heterocycles. The van der Waals surface area contributed by atoms with Crippen molar-refractivity contribution in [2.24, 2.45) is 0 Å². The molecule has 0 aliphatic carbocycles. The smallest absolute Gasteiger partial charge is 0.0929 e. The lowest BCUT2D eigenvalue weighted by Gasteiger charge is -2.19. The van der Waals surface area contributed by atoms with Crippen LogP contribution in [0.4, 0.5) is 0 Å². The summed E-state index contributed by atoms with van der Waals surface area (Å²) in [4.78, 5) is 0. The quantitative estimate of drug-likeness (QED) is 0.797. The topological polar surface area (TPSA) is 32.3 Å². The molecule has 2 aromatic rings. The minimum Gasteiger partial charge on any atom is -0.387 e. The molecule has 2 nitrogen and oxygen atoms in total. The second kappa shape index (κ2) is 7.48. The summed E-state index contributed by atoms with van der Waals surface area (Å²) in [5.41, 5.74) is 1.60. The van der Waals surface area contributed by atoms with Gasteiger partial charge in [0, 0.05) is 33.2 Å². The summed E-state index contributed by atoms with van der Waals surface area (Å²) in [6.45, 7) is 2.35. The third kappa shape index (κ3) is 4.35. The van der Waals surface area contributed by atoms with Gasteiger partial charge in [-0.15, -0.1) is 0 Å². The minimum atomic E-state index is -0.735. The maximum Gasteiger partial charge on any atom is 0.0929 e. The lowest BCUT2D eigenvalue weighted by Crippen LogP contribution is -2.25. The molecule has 0 spiro atoms. The first-order valence-electron chi connectivity index (χ1n) is 6.60. The first kappa shape index (κ1) is 16.6. The van der Waals surface area contributed by atoms with E-state index in [9.17, 15) is 5.11 Å². The lowest BCUT2D eigenvalue weighted by molar-refractivity contribution is 0.171. The van der Waals surface area contributed by atoms with E-state index in [0.717, 1.165) is 5.56 Å². The Hall–Kier alpha value is -0.770. The van der Waals surface area contributed by atoms with Crippen molar-refractivity contribution in [3.05, 3.63) is 68.7 Å². The van der Waals surface area contributed by atoms with Crippen LogP contribution in [0.5, 0.6) is 0 Å². The zero-order valence-electron chi connectivity index (χ0n) is 11.5. The van der Waals surface area contributed by atoms with Crippen LogP contribution in [-0.2, 0) is 0 Å². The fourth-order valence-corrected chi connectivity index (χ4v) is 2.83. The van der Waals surface area contributed by atoms with Gasteiger partial charge >= 0.3 is 0 Å². The maximum absolute atomic E-state index is 10.3. The van der Waals surface area contributed by atoms with Crippen molar-refractivity contribution < 1.29 is 5.11 Å². The fraction of sp³-hybridized carbons (Fsp3) is 0.250. The van der Waals surface area contributed by atoms with Crippen LogP contribution in [-0.4, -0.2) is 11.7 Å². The molecule has 0 aliphatic rings. The monoisotopic (exact) mass is 343 g/mol. The first-order valence-corrected chi connectivity index (χ1v) is 7.73. The number of aliphatic hydroxyl groups is 1. The number of benzene rings is 2. The molecule has 2 N–H and O–H groups in total. The highest BCUT2D eigenvalue weighted by atomic mass is 35.5. The summed E-state index contributed by atoms with van der Waals surface area (Å²) in [6, 6.07) is 12.7. The maximum atomic E-state index is 10.3. The number of rotatable bonds is 5. The molecule has 0 saturated heterocycles. The van der Waals surface area contributed by atoms with Crippen LogP contribution in [0, 0.1) is 0 Å². The number of hydrogen-bond acceptors (Lipinski definition) is 2. The summed E-state index contributed by atoms with van der Waals surface area (Å²) in [5.74, 6) is 0. The number of aliphatic hydroxyl groups excluding tert-OH is 1. The van der Waals surface area contributed by atoms with E-state index in [4.69, 9.17) is 34.8 Å². The Morgan fingerprint density at radius 2 is 1.67 bits per heavy atom. The van der Waals surface area contributed by atoms with Crippen LogP contribution in [0.15, 0.2) is 42.5 Å². The molecule has 0 fully saturated rings. The number of hydrogen-bond donors (Lipinski definition) is 2. The van der Waals surface area contributed by atoms with E-state index in [1.54, 1.807) is 18.2 Å². The molecular formula is C16H16Cl3NO. The van der Waals surface area contributed by atoms with E-state index in [0.29, 0.717) is 27.2 Å². The third-order valence-electron chi connectivity index (χ3n) is 3.31. The molecule has 0 bridgehead atoms. The fourth-order valence-electron chi connectivity index (χ4n) is 2.10. The molecular weight excluding hydrogens is 329 g/mol. The van der Waals surface area contributed by atoms with Crippen LogP contribution in [0.1, 0.15) is 30.2 Å². The van der Waals surface area contributed by atoms with E-state index < -0.39 is 6.10 Å². The molecule has 0 aromatic heterocycles. The van der Waals surface area contributed by atoms with Crippen molar-refractivity contribution in [2.75, 3.05) is 6.54 Å². The van der Waals surface area contributed by atoms with Gasteiger partial charge in [-0.1, -0.05) is 53.0 Å². The van der Waals surface area contributed by atoms with Gasteiger partial charge in [-0.3, -0.25) is 0 Å². The van der Waals surface area contributed by atoms with Gasteiger partial charge < -0.3 is 10.4 Å². The molecule has 0 heterocycles. The zero-order chi connectivity index (χ0) is 15.4. The Kier molecular flexibility index (Phi) is 5.91. The Labute approximate surface area is 139 Å². The Morgan fingerprint density at radius 3 is 2.38 bits per heavy atom.